The van der Waals surface area contributed by atoms with Crippen molar-refractivity contribution < 1.29 is 9.53 Å². The molecule has 1 aromatic heterocycles. The van der Waals surface area contributed by atoms with E-state index in [0.29, 0.717) is 15.9 Å². The molecule has 0 unspecified atom stereocenters. The third-order valence-electron chi connectivity index (χ3n) is 4.31. The molecule has 0 aliphatic carbocycles. The molecule has 144 valence electrons. The highest BCUT2D eigenvalue weighted by Crippen LogP contribution is 2.28. The third kappa shape index (κ3) is 4.73. The van der Waals surface area contributed by atoms with Crippen LogP contribution in [0.4, 0.5) is 11.5 Å². The van der Waals surface area contributed by atoms with Crippen LogP contribution in [-0.4, -0.2) is 48.5 Å². The number of benzene rings is 1. The molecule has 3 rings (SSSR count). The van der Waals surface area contributed by atoms with Gasteiger partial charge in [-0.05, 0) is 31.2 Å². The van der Waals surface area contributed by atoms with Gasteiger partial charge in [0.2, 0.25) is 0 Å². The fourth-order valence-corrected chi connectivity index (χ4v) is 3.22. The summed E-state index contributed by atoms with van der Waals surface area (Å²) in [5.74, 6) is 0.182. The van der Waals surface area contributed by atoms with Crippen molar-refractivity contribution in [1.29, 1.82) is 0 Å². The van der Waals surface area contributed by atoms with Crippen LogP contribution >= 0.6 is 23.2 Å². The topological polar surface area (TPSA) is 67.7 Å². The summed E-state index contributed by atoms with van der Waals surface area (Å²) in [5, 5.41) is 5.38. The first-order valence-corrected chi connectivity index (χ1v) is 9.42. The zero-order valence-electron chi connectivity index (χ0n) is 14.9. The quantitative estimate of drug-likeness (QED) is 0.705. The number of esters is 1. The van der Waals surface area contributed by atoms with E-state index in [1.807, 2.05) is 12.1 Å². The van der Waals surface area contributed by atoms with Crippen LogP contribution in [0.1, 0.15) is 6.92 Å². The lowest BCUT2D eigenvalue weighted by Crippen LogP contribution is -2.47. The lowest BCUT2D eigenvalue weighted by atomic mass is 10.2. The third-order valence-corrected chi connectivity index (χ3v) is 5.05. The smallest absolute Gasteiger partial charge is 0.327 e. The molecule has 2 aromatic rings. The molecule has 0 bridgehead atoms. The van der Waals surface area contributed by atoms with Crippen LogP contribution in [0.5, 0.6) is 0 Å². The zero-order valence-corrected chi connectivity index (χ0v) is 16.4. The number of carbonyl (C=O) groups excluding carboxylic acids is 1. The van der Waals surface area contributed by atoms with Gasteiger partial charge in [0.15, 0.2) is 0 Å². The van der Waals surface area contributed by atoms with Crippen LogP contribution in [-0.2, 0) is 16.1 Å². The summed E-state index contributed by atoms with van der Waals surface area (Å²) in [4.78, 5) is 27.9. The average molecular weight is 411 g/mol. The number of hydrogen-bond acceptors (Lipinski definition) is 6. The first-order valence-electron chi connectivity index (χ1n) is 8.66. The highest BCUT2D eigenvalue weighted by molar-refractivity contribution is 6.42. The Morgan fingerprint density at radius 1 is 1.07 bits per heavy atom. The number of carbonyl (C=O) groups is 1. The highest BCUT2D eigenvalue weighted by atomic mass is 35.5. The maximum atomic E-state index is 11.9. The van der Waals surface area contributed by atoms with Gasteiger partial charge in [0.1, 0.15) is 12.4 Å². The largest absolute Gasteiger partial charge is 0.465 e. The number of hydrogen-bond donors (Lipinski definition) is 0. The second kappa shape index (κ2) is 8.63. The van der Waals surface area contributed by atoms with Gasteiger partial charge in [-0.3, -0.25) is 9.59 Å². The Bertz CT molecular complexity index is 879. The lowest BCUT2D eigenvalue weighted by molar-refractivity contribution is -0.144. The number of piperazine rings is 1. The number of halogens is 2. The molecule has 0 amide bonds. The van der Waals surface area contributed by atoms with E-state index in [1.54, 1.807) is 19.1 Å². The van der Waals surface area contributed by atoms with Gasteiger partial charge in [0, 0.05) is 37.9 Å². The molecule has 0 radical (unpaired) electrons. The minimum atomic E-state index is -0.478. The Balaban J connectivity index is 1.67. The molecule has 0 N–H and O–H groups in total. The molecule has 27 heavy (non-hydrogen) atoms. The molecule has 1 saturated heterocycles. The Morgan fingerprint density at radius 3 is 2.44 bits per heavy atom. The Morgan fingerprint density at radius 2 is 1.78 bits per heavy atom. The number of rotatable bonds is 5. The molecule has 1 aromatic carbocycles. The van der Waals surface area contributed by atoms with Crippen molar-refractivity contribution in [3.63, 3.8) is 0 Å². The monoisotopic (exact) mass is 410 g/mol. The van der Waals surface area contributed by atoms with Gasteiger partial charge in [-0.15, -0.1) is 0 Å². The Hall–Kier alpha value is -2.25. The van der Waals surface area contributed by atoms with Gasteiger partial charge >= 0.3 is 5.97 Å². The maximum absolute atomic E-state index is 11.9. The number of anilines is 2. The molecule has 1 aliphatic heterocycles. The van der Waals surface area contributed by atoms with Crippen LogP contribution in [0, 0.1) is 0 Å². The van der Waals surface area contributed by atoms with Gasteiger partial charge < -0.3 is 14.5 Å². The molecule has 0 atom stereocenters. The minimum Gasteiger partial charge on any atom is -0.465 e. The van der Waals surface area contributed by atoms with Crippen molar-refractivity contribution in [3.05, 3.63) is 50.7 Å². The first kappa shape index (κ1) is 19.5. The summed E-state index contributed by atoms with van der Waals surface area (Å²) in [6, 6.07) is 8.70. The summed E-state index contributed by atoms with van der Waals surface area (Å²) in [6.45, 7) is 4.80. The first-order chi connectivity index (χ1) is 13.0. The summed E-state index contributed by atoms with van der Waals surface area (Å²) in [6.07, 6.45) is 0. The maximum Gasteiger partial charge on any atom is 0.327 e. The van der Waals surface area contributed by atoms with Crippen molar-refractivity contribution in [1.82, 2.24) is 9.78 Å². The molecule has 7 nitrogen and oxygen atoms in total. The van der Waals surface area contributed by atoms with Crippen molar-refractivity contribution >= 4 is 40.7 Å². The van der Waals surface area contributed by atoms with E-state index >= 15 is 0 Å². The van der Waals surface area contributed by atoms with E-state index < -0.39 is 5.97 Å². The fraction of sp³-hybridized carbons (Fsp3) is 0.389. The van der Waals surface area contributed by atoms with Crippen molar-refractivity contribution in [3.8, 4) is 0 Å². The van der Waals surface area contributed by atoms with E-state index in [9.17, 15) is 9.59 Å². The SMILES string of the molecule is CCOC(=O)Cn1nc(N2CCN(c3ccc(Cl)c(Cl)c3)CC2)ccc1=O. The van der Waals surface area contributed by atoms with E-state index in [0.717, 1.165) is 36.5 Å². The second-order valence-corrected chi connectivity index (χ2v) is 6.88. The standard InChI is InChI=1S/C18H20Cl2N4O3/c1-2-27-18(26)12-24-17(25)6-5-16(21-24)23-9-7-22(8-10-23)13-3-4-14(19)15(20)11-13/h3-6,11H,2,7-10,12H2,1H3. The number of ether oxygens (including phenoxy) is 1. The summed E-state index contributed by atoms with van der Waals surface area (Å²) in [7, 11) is 0. The molecule has 0 saturated carbocycles. The van der Waals surface area contributed by atoms with Gasteiger partial charge in [-0.1, -0.05) is 23.2 Å². The normalized spacial score (nSPS) is 14.3. The van der Waals surface area contributed by atoms with Crippen LogP contribution in [0.3, 0.4) is 0 Å². The van der Waals surface area contributed by atoms with Gasteiger partial charge in [-0.25, -0.2) is 4.68 Å². The molecule has 0 spiro atoms. The molecule has 2 heterocycles. The van der Waals surface area contributed by atoms with Crippen LogP contribution < -0.4 is 15.4 Å². The predicted octanol–water partition coefficient (Wildman–Crippen LogP) is 2.44. The zero-order chi connectivity index (χ0) is 19.4. The van der Waals surface area contributed by atoms with Crippen molar-refractivity contribution in [2.75, 3.05) is 42.6 Å². The average Bonchev–Trinajstić information content (AvgIpc) is 2.66. The van der Waals surface area contributed by atoms with Crippen LogP contribution in [0.15, 0.2) is 35.1 Å². The molecule has 1 fully saturated rings. The Kier molecular flexibility index (Phi) is 6.23. The molecule has 1 aliphatic rings. The van der Waals surface area contributed by atoms with Crippen molar-refractivity contribution in [2.45, 2.75) is 13.5 Å². The van der Waals surface area contributed by atoms with Gasteiger partial charge in [0.05, 0.1) is 16.7 Å². The van der Waals surface area contributed by atoms with E-state index in [1.165, 1.54) is 6.07 Å². The lowest BCUT2D eigenvalue weighted by Gasteiger charge is -2.36. The van der Waals surface area contributed by atoms with E-state index in [-0.39, 0.29) is 18.7 Å². The highest BCUT2D eigenvalue weighted by Gasteiger charge is 2.20. The fourth-order valence-electron chi connectivity index (χ4n) is 2.92. The van der Waals surface area contributed by atoms with Crippen LogP contribution in [0.2, 0.25) is 10.0 Å². The Labute approximate surface area is 167 Å². The predicted molar refractivity (Wildman–Crippen MR) is 106 cm³/mol. The van der Waals surface area contributed by atoms with Crippen LogP contribution in [0.25, 0.3) is 0 Å². The number of nitrogens with zero attached hydrogens (tertiary/aromatic N) is 4. The minimum absolute atomic E-state index is 0.191. The van der Waals surface area contributed by atoms with Gasteiger partial charge in [-0.2, -0.15) is 5.10 Å². The summed E-state index contributed by atoms with van der Waals surface area (Å²) in [5.41, 5.74) is 0.686. The van der Waals surface area contributed by atoms with Gasteiger partial charge in [0.25, 0.3) is 5.56 Å². The molecular weight excluding hydrogens is 391 g/mol. The molecule has 9 heteroatoms. The van der Waals surface area contributed by atoms with E-state index in [4.69, 9.17) is 27.9 Å². The number of aromatic nitrogens is 2. The molecular formula is C18H20Cl2N4O3. The van der Waals surface area contributed by atoms with Crippen molar-refractivity contribution in [2.24, 2.45) is 0 Å². The summed E-state index contributed by atoms with van der Waals surface area (Å²) >= 11 is 12.1. The van der Waals surface area contributed by atoms with E-state index in [2.05, 4.69) is 14.9 Å². The summed E-state index contributed by atoms with van der Waals surface area (Å²) < 4.78 is 6.03. The second-order valence-electron chi connectivity index (χ2n) is 6.06.